The van der Waals surface area contributed by atoms with Crippen molar-refractivity contribution >= 4 is 5.95 Å². The Labute approximate surface area is 109 Å². The summed E-state index contributed by atoms with van der Waals surface area (Å²) in [4.78, 5) is 4.47. The minimum absolute atomic E-state index is 0.608. The van der Waals surface area contributed by atoms with E-state index in [-0.39, 0.29) is 0 Å². The van der Waals surface area contributed by atoms with Gasteiger partial charge in [0.2, 0.25) is 5.95 Å². The van der Waals surface area contributed by atoms with E-state index in [1.54, 1.807) is 7.11 Å². The summed E-state index contributed by atoms with van der Waals surface area (Å²) in [6, 6.07) is 0. The zero-order valence-corrected chi connectivity index (χ0v) is 11.9. The molecular formula is C13H25N3O2. The fourth-order valence-electron chi connectivity index (χ4n) is 1.70. The van der Waals surface area contributed by atoms with Gasteiger partial charge in [0, 0.05) is 26.4 Å². The average molecular weight is 255 g/mol. The molecule has 5 heteroatoms. The molecule has 1 N–H and O–H groups in total. The van der Waals surface area contributed by atoms with Crippen LogP contribution in [0.4, 0.5) is 5.95 Å². The predicted octanol–water partition coefficient (Wildman–Crippen LogP) is 1.92. The molecule has 0 saturated carbocycles. The SMILES string of the molecule is COCCOCCNc1nc(C)cn1CC(C)C. The van der Waals surface area contributed by atoms with Gasteiger partial charge in [-0.2, -0.15) is 0 Å². The van der Waals surface area contributed by atoms with E-state index in [9.17, 15) is 0 Å². The lowest BCUT2D eigenvalue weighted by molar-refractivity contribution is 0.0758. The van der Waals surface area contributed by atoms with Gasteiger partial charge in [0.1, 0.15) is 0 Å². The number of aromatic nitrogens is 2. The molecule has 0 amide bonds. The van der Waals surface area contributed by atoms with Crippen LogP contribution >= 0.6 is 0 Å². The zero-order chi connectivity index (χ0) is 13.4. The largest absolute Gasteiger partial charge is 0.382 e. The highest BCUT2D eigenvalue weighted by Crippen LogP contribution is 2.10. The van der Waals surface area contributed by atoms with Crippen molar-refractivity contribution in [1.29, 1.82) is 0 Å². The molecule has 0 bridgehead atoms. The van der Waals surface area contributed by atoms with Crippen molar-refractivity contribution in [2.45, 2.75) is 27.3 Å². The molecule has 0 aliphatic carbocycles. The Morgan fingerprint density at radius 2 is 2.11 bits per heavy atom. The summed E-state index contributed by atoms with van der Waals surface area (Å²) >= 11 is 0. The van der Waals surface area contributed by atoms with E-state index in [1.165, 1.54) is 0 Å². The van der Waals surface area contributed by atoms with E-state index in [1.807, 2.05) is 6.92 Å². The van der Waals surface area contributed by atoms with E-state index < -0.39 is 0 Å². The van der Waals surface area contributed by atoms with Crippen LogP contribution in [-0.4, -0.2) is 43.0 Å². The number of nitrogens with one attached hydrogen (secondary N) is 1. The number of aryl methyl sites for hydroxylation is 1. The van der Waals surface area contributed by atoms with Crippen LogP contribution in [-0.2, 0) is 16.0 Å². The van der Waals surface area contributed by atoms with Gasteiger partial charge in [-0.3, -0.25) is 0 Å². The average Bonchev–Trinajstić information content (AvgIpc) is 2.63. The second-order valence-electron chi connectivity index (χ2n) is 4.78. The number of methoxy groups -OCH3 is 1. The molecule has 0 saturated heterocycles. The summed E-state index contributed by atoms with van der Waals surface area (Å²) < 4.78 is 12.5. The fraction of sp³-hybridized carbons (Fsp3) is 0.769. The van der Waals surface area contributed by atoms with Crippen LogP contribution in [0, 0.1) is 12.8 Å². The van der Waals surface area contributed by atoms with E-state index >= 15 is 0 Å². The Morgan fingerprint density at radius 1 is 1.33 bits per heavy atom. The first-order chi connectivity index (χ1) is 8.63. The van der Waals surface area contributed by atoms with E-state index in [2.05, 4.69) is 34.9 Å². The lowest BCUT2D eigenvalue weighted by Crippen LogP contribution is -2.15. The summed E-state index contributed by atoms with van der Waals surface area (Å²) in [6.45, 7) is 10.1. The number of imidazole rings is 1. The van der Waals surface area contributed by atoms with Crippen LogP contribution in [0.1, 0.15) is 19.5 Å². The second-order valence-corrected chi connectivity index (χ2v) is 4.78. The Morgan fingerprint density at radius 3 is 2.78 bits per heavy atom. The summed E-state index contributed by atoms with van der Waals surface area (Å²) in [5, 5.41) is 3.30. The predicted molar refractivity (Wildman–Crippen MR) is 73.0 cm³/mol. The number of hydrogen-bond acceptors (Lipinski definition) is 4. The van der Waals surface area contributed by atoms with Crippen LogP contribution in [0.15, 0.2) is 6.20 Å². The summed E-state index contributed by atoms with van der Waals surface area (Å²) in [5.74, 6) is 1.54. The van der Waals surface area contributed by atoms with Crippen molar-refractivity contribution < 1.29 is 9.47 Å². The Balaban J connectivity index is 2.32. The highest BCUT2D eigenvalue weighted by atomic mass is 16.5. The molecule has 0 aromatic carbocycles. The summed E-state index contributed by atoms with van der Waals surface area (Å²) in [5.41, 5.74) is 1.04. The van der Waals surface area contributed by atoms with Gasteiger partial charge >= 0.3 is 0 Å². The molecule has 1 aromatic heterocycles. The maximum atomic E-state index is 5.40. The van der Waals surface area contributed by atoms with Gasteiger partial charge in [-0.15, -0.1) is 0 Å². The third kappa shape index (κ3) is 5.51. The van der Waals surface area contributed by atoms with Crippen molar-refractivity contribution in [1.82, 2.24) is 9.55 Å². The van der Waals surface area contributed by atoms with Crippen molar-refractivity contribution in [3.8, 4) is 0 Å². The molecule has 0 aliphatic rings. The van der Waals surface area contributed by atoms with Crippen LogP contribution in [0.2, 0.25) is 0 Å². The van der Waals surface area contributed by atoms with Crippen LogP contribution in [0.5, 0.6) is 0 Å². The maximum Gasteiger partial charge on any atom is 0.203 e. The molecule has 0 unspecified atom stereocenters. The number of rotatable bonds is 9. The summed E-state index contributed by atoms with van der Waals surface area (Å²) in [7, 11) is 1.67. The van der Waals surface area contributed by atoms with Crippen LogP contribution in [0.3, 0.4) is 0 Å². The van der Waals surface area contributed by atoms with E-state index in [4.69, 9.17) is 9.47 Å². The molecule has 5 nitrogen and oxygen atoms in total. The van der Waals surface area contributed by atoms with Gasteiger partial charge in [0.05, 0.1) is 25.5 Å². The van der Waals surface area contributed by atoms with Crippen LogP contribution in [0.25, 0.3) is 0 Å². The first-order valence-corrected chi connectivity index (χ1v) is 6.47. The summed E-state index contributed by atoms with van der Waals surface area (Å²) in [6.07, 6.45) is 2.08. The zero-order valence-electron chi connectivity index (χ0n) is 11.9. The first-order valence-electron chi connectivity index (χ1n) is 6.47. The highest BCUT2D eigenvalue weighted by molar-refractivity contribution is 5.28. The Hall–Kier alpha value is -1.07. The molecule has 0 radical (unpaired) electrons. The molecule has 0 aliphatic heterocycles. The normalized spacial score (nSPS) is 11.2. The van der Waals surface area contributed by atoms with Gasteiger partial charge in [-0.25, -0.2) is 4.98 Å². The molecule has 1 heterocycles. The topological polar surface area (TPSA) is 48.3 Å². The van der Waals surface area contributed by atoms with Crippen LogP contribution < -0.4 is 5.32 Å². The highest BCUT2D eigenvalue weighted by Gasteiger charge is 2.06. The Bertz CT molecular complexity index is 337. The number of nitrogens with zero attached hydrogens (tertiary/aromatic N) is 2. The van der Waals surface area contributed by atoms with Gasteiger partial charge in [-0.05, 0) is 12.8 Å². The first kappa shape index (κ1) is 15.0. The molecule has 1 rings (SSSR count). The molecule has 0 atom stereocenters. The lowest BCUT2D eigenvalue weighted by Gasteiger charge is -2.11. The van der Waals surface area contributed by atoms with Gasteiger partial charge in [0.25, 0.3) is 0 Å². The third-order valence-corrected chi connectivity index (χ3v) is 2.42. The van der Waals surface area contributed by atoms with Gasteiger partial charge in [-0.1, -0.05) is 13.8 Å². The van der Waals surface area contributed by atoms with Gasteiger partial charge in [0.15, 0.2) is 0 Å². The third-order valence-electron chi connectivity index (χ3n) is 2.42. The molecular weight excluding hydrogens is 230 g/mol. The Kier molecular flexibility index (Phi) is 6.75. The monoisotopic (exact) mass is 255 g/mol. The lowest BCUT2D eigenvalue weighted by atomic mass is 10.2. The maximum absolute atomic E-state index is 5.40. The van der Waals surface area contributed by atoms with E-state index in [0.717, 1.165) is 24.7 Å². The standard InChI is InChI=1S/C13H25N3O2/c1-11(2)9-16-10-12(3)15-13(16)14-5-6-18-8-7-17-4/h10-11H,5-9H2,1-4H3,(H,14,15). The quantitative estimate of drug-likeness (QED) is 0.685. The molecule has 0 fully saturated rings. The molecule has 18 heavy (non-hydrogen) atoms. The smallest absolute Gasteiger partial charge is 0.203 e. The molecule has 0 spiro atoms. The van der Waals surface area contributed by atoms with Crippen molar-refractivity contribution in [3.05, 3.63) is 11.9 Å². The minimum Gasteiger partial charge on any atom is -0.382 e. The minimum atomic E-state index is 0.608. The number of hydrogen-bond donors (Lipinski definition) is 1. The van der Waals surface area contributed by atoms with E-state index in [0.29, 0.717) is 25.7 Å². The molecule has 104 valence electrons. The van der Waals surface area contributed by atoms with Crippen molar-refractivity contribution in [3.63, 3.8) is 0 Å². The van der Waals surface area contributed by atoms with Crippen molar-refractivity contribution in [2.75, 3.05) is 38.8 Å². The molecule has 1 aromatic rings. The fourth-order valence-corrected chi connectivity index (χ4v) is 1.70. The van der Waals surface area contributed by atoms with Gasteiger partial charge < -0.3 is 19.4 Å². The number of ether oxygens (including phenoxy) is 2. The number of anilines is 1. The second kappa shape index (κ2) is 8.11. The van der Waals surface area contributed by atoms with Crippen molar-refractivity contribution in [2.24, 2.45) is 5.92 Å².